The molecule has 0 heterocycles. The van der Waals surface area contributed by atoms with Crippen molar-refractivity contribution in [2.75, 3.05) is 7.11 Å². The number of hydrogen-bond donors (Lipinski definition) is 2. The van der Waals surface area contributed by atoms with Crippen molar-refractivity contribution in [3.8, 4) is 11.5 Å². The molecule has 0 unspecified atom stereocenters. The van der Waals surface area contributed by atoms with Crippen LogP contribution in [0, 0.1) is 0 Å². The molecular formula is C14H16O4. The van der Waals surface area contributed by atoms with Gasteiger partial charge in [-0.05, 0) is 19.1 Å². The highest BCUT2D eigenvalue weighted by atomic mass is 16.5. The second-order valence-electron chi connectivity index (χ2n) is 3.59. The molecule has 0 aliphatic rings. The van der Waals surface area contributed by atoms with Crippen molar-refractivity contribution in [3.63, 3.8) is 0 Å². The van der Waals surface area contributed by atoms with Gasteiger partial charge >= 0.3 is 0 Å². The summed E-state index contributed by atoms with van der Waals surface area (Å²) in [6.45, 7) is 1.58. The van der Waals surface area contributed by atoms with Gasteiger partial charge in [-0.1, -0.05) is 18.2 Å². The molecule has 0 aromatic heterocycles. The molecule has 96 valence electrons. The molecule has 0 saturated carbocycles. The van der Waals surface area contributed by atoms with E-state index in [1.54, 1.807) is 18.2 Å². The van der Waals surface area contributed by atoms with Crippen LogP contribution in [0.25, 0.3) is 0 Å². The predicted octanol–water partition coefficient (Wildman–Crippen LogP) is 2.21. The molecule has 2 N–H and O–H groups in total. The molecule has 4 heteroatoms. The topological polar surface area (TPSA) is 66.8 Å². The Labute approximate surface area is 106 Å². The second-order valence-corrected chi connectivity index (χ2v) is 3.59. The molecule has 0 spiro atoms. The van der Waals surface area contributed by atoms with Crippen LogP contribution in [-0.4, -0.2) is 23.1 Å². The first-order valence-electron chi connectivity index (χ1n) is 5.48. The van der Waals surface area contributed by atoms with Crippen LogP contribution in [0.2, 0.25) is 0 Å². The molecule has 0 saturated heterocycles. The molecule has 0 radical (unpaired) electrons. The lowest BCUT2D eigenvalue weighted by Gasteiger charge is -2.09. The zero-order valence-corrected chi connectivity index (χ0v) is 10.4. The van der Waals surface area contributed by atoms with Crippen LogP contribution in [0.1, 0.15) is 22.8 Å². The van der Waals surface area contributed by atoms with E-state index in [0.717, 1.165) is 0 Å². The third-order valence-corrected chi connectivity index (χ3v) is 2.39. The lowest BCUT2D eigenvalue weighted by Crippen LogP contribution is -1.99. The first kappa shape index (κ1) is 14.0. The Morgan fingerprint density at radius 3 is 2.67 bits per heavy atom. The van der Waals surface area contributed by atoms with Crippen molar-refractivity contribution in [2.24, 2.45) is 0 Å². The number of allylic oxidation sites excluding steroid dienone is 4. The van der Waals surface area contributed by atoms with Crippen LogP contribution in [0.15, 0.2) is 36.4 Å². The number of benzene rings is 1. The van der Waals surface area contributed by atoms with Crippen molar-refractivity contribution in [3.05, 3.63) is 47.6 Å². The van der Waals surface area contributed by atoms with Gasteiger partial charge in [0.15, 0.2) is 5.78 Å². The Balaban J connectivity index is 3.13. The smallest absolute Gasteiger partial charge is 0.189 e. The van der Waals surface area contributed by atoms with E-state index in [2.05, 4.69) is 0 Å². The Bertz CT molecular complexity index is 487. The number of phenols is 1. The Hall–Kier alpha value is -2.07. The van der Waals surface area contributed by atoms with Crippen LogP contribution >= 0.6 is 0 Å². The summed E-state index contributed by atoms with van der Waals surface area (Å²) < 4.78 is 4.99. The largest absolute Gasteiger partial charge is 0.507 e. The summed E-state index contributed by atoms with van der Waals surface area (Å²) in [5.74, 6) is -0.147. The molecule has 1 aromatic rings. The molecule has 0 amide bonds. The van der Waals surface area contributed by atoms with Gasteiger partial charge in [-0.15, -0.1) is 0 Å². The van der Waals surface area contributed by atoms with E-state index in [4.69, 9.17) is 9.84 Å². The Kier molecular flexibility index (Phi) is 5.14. The predicted molar refractivity (Wildman–Crippen MR) is 68.9 cm³/mol. The number of hydrogen-bond acceptors (Lipinski definition) is 4. The third kappa shape index (κ3) is 3.21. The zero-order valence-electron chi connectivity index (χ0n) is 10.4. The molecule has 1 aromatic carbocycles. The highest BCUT2D eigenvalue weighted by molar-refractivity contribution is 6.06. The lowest BCUT2D eigenvalue weighted by molar-refractivity contribution is 0.104. The first-order valence-corrected chi connectivity index (χ1v) is 5.48. The Morgan fingerprint density at radius 1 is 1.39 bits per heavy atom. The number of ether oxygens (including phenoxy) is 1. The quantitative estimate of drug-likeness (QED) is 0.476. The molecule has 18 heavy (non-hydrogen) atoms. The Morgan fingerprint density at radius 2 is 2.11 bits per heavy atom. The maximum atomic E-state index is 11.8. The summed E-state index contributed by atoms with van der Waals surface area (Å²) in [5.41, 5.74) is 0.596. The van der Waals surface area contributed by atoms with E-state index in [-0.39, 0.29) is 23.7 Å². The van der Waals surface area contributed by atoms with E-state index in [1.807, 2.05) is 6.92 Å². The minimum Gasteiger partial charge on any atom is -0.507 e. The number of carbonyl (C=O) groups excluding carboxylic acids is 1. The van der Waals surface area contributed by atoms with E-state index < -0.39 is 0 Å². The molecular weight excluding hydrogens is 232 g/mol. The van der Waals surface area contributed by atoms with Crippen LogP contribution in [0.4, 0.5) is 0 Å². The van der Waals surface area contributed by atoms with Gasteiger partial charge in [0.25, 0.3) is 0 Å². The van der Waals surface area contributed by atoms with Gasteiger partial charge < -0.3 is 14.9 Å². The van der Waals surface area contributed by atoms with Gasteiger partial charge in [-0.2, -0.15) is 0 Å². The van der Waals surface area contributed by atoms with Crippen molar-refractivity contribution < 1.29 is 19.7 Å². The number of aliphatic hydroxyl groups is 1. The molecule has 4 nitrogen and oxygen atoms in total. The number of methoxy groups -OCH3 is 1. The van der Waals surface area contributed by atoms with E-state index in [9.17, 15) is 9.90 Å². The SMILES string of the molecule is CC=CC=CC(=O)c1cc(CO)c(OC)cc1O. The summed E-state index contributed by atoms with van der Waals surface area (Å²) in [7, 11) is 1.43. The third-order valence-electron chi connectivity index (χ3n) is 2.39. The van der Waals surface area contributed by atoms with Crippen molar-refractivity contribution in [1.29, 1.82) is 0 Å². The molecule has 0 aliphatic carbocycles. The summed E-state index contributed by atoms with van der Waals surface area (Å²) in [6.07, 6.45) is 6.44. The van der Waals surface area contributed by atoms with Gasteiger partial charge in [0, 0.05) is 11.6 Å². The molecule has 0 bridgehead atoms. The molecule has 1 rings (SSSR count). The molecule has 0 fully saturated rings. The standard InChI is InChI=1S/C14H16O4/c1-3-4-5-6-12(16)11-7-10(9-15)14(18-2)8-13(11)17/h3-8,15,17H,9H2,1-2H3. The fourth-order valence-corrected chi connectivity index (χ4v) is 1.47. The van der Waals surface area contributed by atoms with E-state index in [0.29, 0.717) is 11.3 Å². The summed E-state index contributed by atoms with van der Waals surface area (Å²) in [6, 6.07) is 2.75. The summed E-state index contributed by atoms with van der Waals surface area (Å²) in [4.78, 5) is 11.8. The lowest BCUT2D eigenvalue weighted by atomic mass is 10.0. The first-order chi connectivity index (χ1) is 8.63. The van der Waals surface area contributed by atoms with Gasteiger partial charge in [-0.25, -0.2) is 0 Å². The van der Waals surface area contributed by atoms with E-state index in [1.165, 1.54) is 25.3 Å². The highest BCUT2D eigenvalue weighted by Gasteiger charge is 2.13. The number of rotatable bonds is 5. The highest BCUT2D eigenvalue weighted by Crippen LogP contribution is 2.28. The average Bonchev–Trinajstić information content (AvgIpc) is 2.38. The number of ketones is 1. The van der Waals surface area contributed by atoms with Gasteiger partial charge in [0.05, 0.1) is 19.3 Å². The maximum Gasteiger partial charge on any atom is 0.189 e. The number of carbonyl (C=O) groups is 1. The molecule has 0 aliphatic heterocycles. The van der Waals surface area contributed by atoms with Crippen molar-refractivity contribution in [1.82, 2.24) is 0 Å². The summed E-state index contributed by atoms with van der Waals surface area (Å²) >= 11 is 0. The van der Waals surface area contributed by atoms with Gasteiger partial charge in [-0.3, -0.25) is 4.79 Å². The van der Waals surface area contributed by atoms with E-state index >= 15 is 0 Å². The van der Waals surface area contributed by atoms with Crippen molar-refractivity contribution >= 4 is 5.78 Å². The maximum absolute atomic E-state index is 11.8. The van der Waals surface area contributed by atoms with Crippen LogP contribution in [-0.2, 0) is 6.61 Å². The summed E-state index contributed by atoms with van der Waals surface area (Å²) in [5, 5.41) is 18.9. The minimum atomic E-state index is -0.331. The van der Waals surface area contributed by atoms with Crippen molar-refractivity contribution in [2.45, 2.75) is 13.5 Å². The fourth-order valence-electron chi connectivity index (χ4n) is 1.47. The average molecular weight is 248 g/mol. The fraction of sp³-hybridized carbons (Fsp3) is 0.214. The zero-order chi connectivity index (χ0) is 13.5. The monoisotopic (exact) mass is 248 g/mol. The van der Waals surface area contributed by atoms with Crippen LogP contribution < -0.4 is 4.74 Å². The van der Waals surface area contributed by atoms with Crippen LogP contribution in [0.3, 0.4) is 0 Å². The second kappa shape index (κ2) is 6.61. The number of phenolic OH excluding ortho intramolecular Hbond substituents is 1. The normalized spacial score (nSPS) is 11.3. The minimum absolute atomic E-state index is 0.139. The van der Waals surface area contributed by atoms with Gasteiger partial charge in [0.1, 0.15) is 11.5 Å². The van der Waals surface area contributed by atoms with Crippen LogP contribution in [0.5, 0.6) is 11.5 Å². The number of aromatic hydroxyl groups is 1. The molecule has 0 atom stereocenters. The van der Waals surface area contributed by atoms with Gasteiger partial charge in [0.2, 0.25) is 0 Å². The number of aliphatic hydroxyl groups excluding tert-OH is 1.